The number of imidazole rings is 1. The minimum absolute atomic E-state index is 0.255. The van der Waals surface area contributed by atoms with E-state index in [1.807, 2.05) is 28.8 Å². The lowest BCUT2D eigenvalue weighted by Crippen LogP contribution is -2.26. The van der Waals surface area contributed by atoms with E-state index in [0.717, 1.165) is 43.1 Å². The lowest BCUT2D eigenvalue weighted by Gasteiger charge is -2.21. The third kappa shape index (κ3) is 2.80. The molecular formula is C18H19FN4. The van der Waals surface area contributed by atoms with E-state index in [2.05, 4.69) is 16.7 Å². The second kappa shape index (κ2) is 6.01. The topological polar surface area (TPSA) is 41.4 Å². The summed E-state index contributed by atoms with van der Waals surface area (Å²) in [6, 6.07) is 12.6. The fourth-order valence-electron chi connectivity index (χ4n) is 3.24. The Morgan fingerprint density at radius 1 is 1.13 bits per heavy atom. The van der Waals surface area contributed by atoms with Gasteiger partial charge in [-0.15, -0.1) is 0 Å². The minimum atomic E-state index is -0.255. The van der Waals surface area contributed by atoms with Crippen LogP contribution < -0.4 is 10.6 Å². The number of pyridine rings is 1. The third-order valence-electron chi connectivity index (χ3n) is 4.38. The SMILES string of the molecule is Fc1cccc(Nc2nc(C3CCNCC3)c3ccccn23)c1. The van der Waals surface area contributed by atoms with Crippen molar-refractivity contribution in [3.05, 3.63) is 60.2 Å². The van der Waals surface area contributed by atoms with Crippen molar-refractivity contribution < 1.29 is 4.39 Å². The molecule has 1 fully saturated rings. The second-order valence-electron chi connectivity index (χ2n) is 5.94. The first-order chi connectivity index (χ1) is 11.3. The van der Waals surface area contributed by atoms with Crippen LogP contribution in [0.5, 0.6) is 0 Å². The molecule has 1 aromatic carbocycles. The number of piperidine rings is 1. The molecule has 0 saturated carbocycles. The van der Waals surface area contributed by atoms with Gasteiger partial charge < -0.3 is 10.6 Å². The summed E-state index contributed by atoms with van der Waals surface area (Å²) >= 11 is 0. The van der Waals surface area contributed by atoms with Crippen LogP contribution in [0.15, 0.2) is 48.7 Å². The summed E-state index contributed by atoms with van der Waals surface area (Å²) in [4.78, 5) is 4.84. The van der Waals surface area contributed by atoms with Crippen LogP contribution in [-0.2, 0) is 0 Å². The highest BCUT2D eigenvalue weighted by atomic mass is 19.1. The van der Waals surface area contributed by atoms with Gasteiger partial charge in [-0.3, -0.25) is 4.40 Å². The van der Waals surface area contributed by atoms with E-state index >= 15 is 0 Å². The van der Waals surface area contributed by atoms with Crippen LogP contribution in [0, 0.1) is 5.82 Å². The number of nitrogens with one attached hydrogen (secondary N) is 2. The average Bonchev–Trinajstić information content (AvgIpc) is 2.95. The number of hydrogen-bond acceptors (Lipinski definition) is 3. The summed E-state index contributed by atoms with van der Waals surface area (Å²) < 4.78 is 15.4. The maximum atomic E-state index is 13.4. The molecule has 3 heterocycles. The summed E-state index contributed by atoms with van der Waals surface area (Å²) in [7, 11) is 0. The first kappa shape index (κ1) is 14.2. The molecule has 0 spiro atoms. The lowest BCUT2D eigenvalue weighted by molar-refractivity contribution is 0.456. The molecule has 1 aliphatic rings. The fraction of sp³-hybridized carbons (Fsp3) is 0.278. The maximum absolute atomic E-state index is 13.4. The molecule has 0 atom stereocenters. The van der Waals surface area contributed by atoms with Crippen molar-refractivity contribution in [3.8, 4) is 0 Å². The Morgan fingerprint density at radius 3 is 2.83 bits per heavy atom. The molecule has 0 bridgehead atoms. The van der Waals surface area contributed by atoms with E-state index < -0.39 is 0 Å². The van der Waals surface area contributed by atoms with Crippen molar-refractivity contribution >= 4 is 17.2 Å². The Labute approximate surface area is 134 Å². The molecule has 4 rings (SSSR count). The smallest absolute Gasteiger partial charge is 0.212 e. The first-order valence-electron chi connectivity index (χ1n) is 8.01. The monoisotopic (exact) mass is 310 g/mol. The Balaban J connectivity index is 1.74. The zero-order valence-corrected chi connectivity index (χ0v) is 12.8. The van der Waals surface area contributed by atoms with Gasteiger partial charge >= 0.3 is 0 Å². The molecule has 5 heteroatoms. The van der Waals surface area contributed by atoms with Gasteiger partial charge in [-0.25, -0.2) is 9.37 Å². The van der Waals surface area contributed by atoms with Crippen LogP contribution in [0.2, 0.25) is 0 Å². The Hall–Kier alpha value is -2.40. The average molecular weight is 310 g/mol. The van der Waals surface area contributed by atoms with Gasteiger partial charge in [-0.2, -0.15) is 0 Å². The maximum Gasteiger partial charge on any atom is 0.212 e. The van der Waals surface area contributed by atoms with Gasteiger partial charge in [0.05, 0.1) is 11.2 Å². The number of benzene rings is 1. The lowest BCUT2D eigenvalue weighted by atomic mass is 9.94. The van der Waals surface area contributed by atoms with Crippen LogP contribution in [0.3, 0.4) is 0 Å². The highest BCUT2D eigenvalue weighted by Crippen LogP contribution is 2.31. The van der Waals surface area contributed by atoms with Gasteiger partial charge in [0.15, 0.2) is 0 Å². The molecular weight excluding hydrogens is 291 g/mol. The van der Waals surface area contributed by atoms with Crippen LogP contribution >= 0.6 is 0 Å². The predicted molar refractivity (Wildman–Crippen MR) is 89.7 cm³/mol. The van der Waals surface area contributed by atoms with Crippen LogP contribution in [0.25, 0.3) is 5.52 Å². The molecule has 3 aromatic rings. The predicted octanol–water partition coefficient (Wildman–Crippen LogP) is 3.68. The molecule has 0 radical (unpaired) electrons. The van der Waals surface area contributed by atoms with Crippen LogP contribution in [0.1, 0.15) is 24.5 Å². The second-order valence-corrected chi connectivity index (χ2v) is 5.94. The standard InChI is InChI=1S/C18H19FN4/c19-14-4-3-5-15(12-14)21-18-22-17(13-7-9-20-10-8-13)16-6-1-2-11-23(16)18/h1-6,11-13,20H,7-10H2,(H,21,22). The Morgan fingerprint density at radius 2 is 2.00 bits per heavy atom. The van der Waals surface area contributed by atoms with E-state index in [1.165, 1.54) is 12.1 Å². The summed E-state index contributed by atoms with van der Waals surface area (Å²) in [5, 5.41) is 6.64. The molecule has 0 amide bonds. The number of aromatic nitrogens is 2. The number of anilines is 2. The largest absolute Gasteiger partial charge is 0.325 e. The van der Waals surface area contributed by atoms with E-state index in [0.29, 0.717) is 11.6 Å². The number of nitrogens with zero attached hydrogens (tertiary/aromatic N) is 2. The summed E-state index contributed by atoms with van der Waals surface area (Å²) in [5.41, 5.74) is 2.96. The highest BCUT2D eigenvalue weighted by molar-refractivity contribution is 5.63. The molecule has 2 N–H and O–H groups in total. The van der Waals surface area contributed by atoms with Gasteiger partial charge in [0.1, 0.15) is 5.82 Å². The van der Waals surface area contributed by atoms with Gasteiger partial charge in [-0.05, 0) is 56.3 Å². The molecule has 118 valence electrons. The molecule has 4 nitrogen and oxygen atoms in total. The van der Waals surface area contributed by atoms with E-state index in [4.69, 9.17) is 4.98 Å². The molecule has 0 unspecified atom stereocenters. The molecule has 1 aliphatic heterocycles. The van der Waals surface area contributed by atoms with Gasteiger partial charge in [0, 0.05) is 17.8 Å². The quantitative estimate of drug-likeness (QED) is 0.775. The summed E-state index contributed by atoms with van der Waals surface area (Å²) in [6.07, 6.45) is 4.19. The van der Waals surface area contributed by atoms with Crippen LogP contribution in [0.4, 0.5) is 16.0 Å². The van der Waals surface area contributed by atoms with Crippen molar-refractivity contribution in [3.63, 3.8) is 0 Å². The number of fused-ring (bicyclic) bond motifs is 1. The van der Waals surface area contributed by atoms with Gasteiger partial charge in [0.2, 0.25) is 5.95 Å². The van der Waals surface area contributed by atoms with E-state index in [9.17, 15) is 4.39 Å². The third-order valence-corrected chi connectivity index (χ3v) is 4.38. The minimum Gasteiger partial charge on any atom is -0.325 e. The zero-order chi connectivity index (χ0) is 15.6. The molecule has 0 aliphatic carbocycles. The van der Waals surface area contributed by atoms with Crippen molar-refractivity contribution in [2.75, 3.05) is 18.4 Å². The van der Waals surface area contributed by atoms with Crippen LogP contribution in [-0.4, -0.2) is 22.5 Å². The van der Waals surface area contributed by atoms with E-state index in [1.54, 1.807) is 6.07 Å². The Kier molecular flexibility index (Phi) is 3.71. The zero-order valence-electron chi connectivity index (χ0n) is 12.8. The van der Waals surface area contributed by atoms with Crippen molar-refractivity contribution in [2.45, 2.75) is 18.8 Å². The molecule has 23 heavy (non-hydrogen) atoms. The van der Waals surface area contributed by atoms with E-state index in [-0.39, 0.29) is 5.82 Å². The van der Waals surface area contributed by atoms with Crippen molar-refractivity contribution in [2.24, 2.45) is 0 Å². The van der Waals surface area contributed by atoms with Gasteiger partial charge in [0.25, 0.3) is 0 Å². The van der Waals surface area contributed by atoms with Crippen molar-refractivity contribution in [1.82, 2.24) is 14.7 Å². The number of rotatable bonds is 3. The Bertz CT molecular complexity index is 821. The normalized spacial score (nSPS) is 15.9. The summed E-state index contributed by atoms with van der Waals surface area (Å²) in [5.74, 6) is 0.950. The van der Waals surface area contributed by atoms with Gasteiger partial charge in [-0.1, -0.05) is 12.1 Å². The fourth-order valence-corrected chi connectivity index (χ4v) is 3.24. The number of halogens is 1. The molecule has 1 saturated heterocycles. The first-order valence-corrected chi connectivity index (χ1v) is 8.01. The summed E-state index contributed by atoms with van der Waals surface area (Å²) in [6.45, 7) is 2.06. The molecule has 2 aromatic heterocycles. The van der Waals surface area contributed by atoms with Crippen molar-refractivity contribution in [1.29, 1.82) is 0 Å². The number of hydrogen-bond donors (Lipinski definition) is 2. The highest BCUT2D eigenvalue weighted by Gasteiger charge is 2.21.